The highest BCUT2D eigenvalue weighted by Gasteiger charge is 2.46. The minimum Gasteiger partial charge on any atom is -0.507 e. The zero-order chi connectivity index (χ0) is 28.2. The van der Waals surface area contributed by atoms with Gasteiger partial charge in [0.15, 0.2) is 11.5 Å². The van der Waals surface area contributed by atoms with Gasteiger partial charge in [0.05, 0.1) is 24.8 Å². The molecule has 1 N–H and O–H groups in total. The van der Waals surface area contributed by atoms with Crippen LogP contribution < -0.4 is 14.2 Å². The Morgan fingerprint density at radius 1 is 1.00 bits per heavy atom. The molecule has 7 nitrogen and oxygen atoms in total. The molecule has 0 spiro atoms. The minimum atomic E-state index is -0.786. The Balaban J connectivity index is 1.59. The van der Waals surface area contributed by atoms with Gasteiger partial charge in [-0.3, -0.25) is 9.59 Å². The molecule has 1 saturated heterocycles. The number of rotatable bonds is 10. The molecular formula is C33H35NO6. The van der Waals surface area contributed by atoms with Crippen molar-refractivity contribution in [2.75, 3.05) is 19.8 Å². The Labute approximate surface area is 235 Å². The van der Waals surface area contributed by atoms with Gasteiger partial charge in [0.25, 0.3) is 11.7 Å². The summed E-state index contributed by atoms with van der Waals surface area (Å²) in [7, 11) is 0. The first-order valence-corrected chi connectivity index (χ1v) is 13.9. The number of nitrogens with zero attached hydrogens (tertiary/aromatic N) is 1. The second-order valence-corrected chi connectivity index (χ2v) is 10.2. The van der Waals surface area contributed by atoms with Crippen molar-refractivity contribution in [3.63, 3.8) is 0 Å². The summed E-state index contributed by atoms with van der Waals surface area (Å²) in [5.74, 6) is 0.368. The first-order chi connectivity index (χ1) is 19.4. The molecule has 208 valence electrons. The molecule has 0 bridgehead atoms. The van der Waals surface area contributed by atoms with Crippen molar-refractivity contribution in [3.8, 4) is 17.2 Å². The number of fused-ring (bicyclic) bond motifs is 1. The van der Waals surface area contributed by atoms with Crippen LogP contribution in [0.1, 0.15) is 55.5 Å². The van der Waals surface area contributed by atoms with Crippen LogP contribution in [0, 0.1) is 0 Å². The van der Waals surface area contributed by atoms with Gasteiger partial charge in [-0.15, -0.1) is 0 Å². The van der Waals surface area contributed by atoms with Crippen LogP contribution in [0.25, 0.3) is 5.76 Å². The highest BCUT2D eigenvalue weighted by Crippen LogP contribution is 2.43. The molecular weight excluding hydrogens is 506 g/mol. The second-order valence-electron chi connectivity index (χ2n) is 10.2. The Morgan fingerprint density at radius 2 is 1.80 bits per heavy atom. The number of amides is 1. The van der Waals surface area contributed by atoms with Crippen LogP contribution in [0.15, 0.2) is 72.3 Å². The molecule has 2 atom stereocenters. The van der Waals surface area contributed by atoms with Crippen molar-refractivity contribution < 1.29 is 28.9 Å². The van der Waals surface area contributed by atoms with Crippen LogP contribution >= 0.6 is 0 Å². The summed E-state index contributed by atoms with van der Waals surface area (Å²) in [5.41, 5.74) is 3.22. The Bertz CT molecular complexity index is 1430. The number of ether oxygens (including phenoxy) is 3. The molecule has 7 heteroatoms. The lowest BCUT2D eigenvalue weighted by Crippen LogP contribution is -2.31. The van der Waals surface area contributed by atoms with E-state index < -0.39 is 17.7 Å². The normalized spacial score (nSPS) is 19.4. The molecule has 0 aliphatic carbocycles. The fourth-order valence-electron chi connectivity index (χ4n) is 5.37. The Morgan fingerprint density at radius 3 is 2.55 bits per heavy atom. The van der Waals surface area contributed by atoms with Gasteiger partial charge in [0, 0.05) is 18.5 Å². The van der Waals surface area contributed by atoms with Crippen molar-refractivity contribution in [1.82, 2.24) is 4.90 Å². The van der Waals surface area contributed by atoms with Gasteiger partial charge in [0.2, 0.25) is 0 Å². The number of carbonyl (C=O) groups is 2. The molecule has 2 heterocycles. The average molecular weight is 542 g/mol. The molecule has 2 aliphatic rings. The monoisotopic (exact) mass is 541 g/mol. The molecule has 0 unspecified atom stereocenters. The molecule has 0 aromatic heterocycles. The third-order valence-corrected chi connectivity index (χ3v) is 7.24. The number of likely N-dealkylation sites (tertiary alicyclic amines) is 1. The number of ketones is 1. The molecule has 2 aliphatic heterocycles. The number of carbonyl (C=O) groups excluding carboxylic acids is 2. The summed E-state index contributed by atoms with van der Waals surface area (Å²) in [6.07, 6.45) is 2.16. The largest absolute Gasteiger partial charge is 0.507 e. The summed E-state index contributed by atoms with van der Waals surface area (Å²) in [5, 5.41) is 11.6. The first-order valence-electron chi connectivity index (χ1n) is 13.9. The third-order valence-electron chi connectivity index (χ3n) is 7.24. The summed E-state index contributed by atoms with van der Waals surface area (Å²) in [4.78, 5) is 28.6. The molecule has 1 fully saturated rings. The molecule has 3 aromatic rings. The Kier molecular flexibility index (Phi) is 8.10. The van der Waals surface area contributed by atoms with E-state index in [2.05, 4.69) is 0 Å². The predicted octanol–water partition coefficient (Wildman–Crippen LogP) is 5.86. The highest BCUT2D eigenvalue weighted by atomic mass is 16.5. The third kappa shape index (κ3) is 5.41. The lowest BCUT2D eigenvalue weighted by molar-refractivity contribution is -0.139. The topological polar surface area (TPSA) is 85.3 Å². The quantitative estimate of drug-likeness (QED) is 0.197. The molecule has 5 rings (SSSR count). The highest BCUT2D eigenvalue weighted by molar-refractivity contribution is 6.46. The number of Topliss-reactive ketones (excluding diaryl/α,β-unsaturated/α-hetero) is 1. The van der Waals surface area contributed by atoms with E-state index in [9.17, 15) is 14.7 Å². The number of benzene rings is 3. The van der Waals surface area contributed by atoms with Crippen LogP contribution in [-0.2, 0) is 22.4 Å². The zero-order valence-corrected chi connectivity index (χ0v) is 23.2. The lowest BCUT2D eigenvalue weighted by atomic mass is 9.94. The average Bonchev–Trinajstić information content (AvgIpc) is 3.46. The van der Waals surface area contributed by atoms with Crippen LogP contribution in [0.3, 0.4) is 0 Å². The molecule has 40 heavy (non-hydrogen) atoms. The summed E-state index contributed by atoms with van der Waals surface area (Å²) >= 11 is 0. The van der Waals surface area contributed by atoms with E-state index >= 15 is 0 Å². The summed E-state index contributed by atoms with van der Waals surface area (Å²) in [6.45, 7) is 7.18. The van der Waals surface area contributed by atoms with E-state index in [4.69, 9.17) is 14.2 Å². The van der Waals surface area contributed by atoms with Crippen molar-refractivity contribution in [1.29, 1.82) is 0 Å². The summed E-state index contributed by atoms with van der Waals surface area (Å²) < 4.78 is 17.6. The maximum atomic E-state index is 13.5. The number of hydrogen-bond donors (Lipinski definition) is 1. The van der Waals surface area contributed by atoms with Gasteiger partial charge >= 0.3 is 0 Å². The molecule has 0 radical (unpaired) electrons. The van der Waals surface area contributed by atoms with Crippen molar-refractivity contribution in [3.05, 3.63) is 94.6 Å². The molecule has 1 amide bonds. The van der Waals surface area contributed by atoms with Gasteiger partial charge in [-0.05, 0) is 73.7 Å². The van der Waals surface area contributed by atoms with E-state index in [0.717, 1.165) is 23.3 Å². The van der Waals surface area contributed by atoms with Crippen molar-refractivity contribution >= 4 is 17.4 Å². The van der Waals surface area contributed by atoms with E-state index in [1.807, 2.05) is 69.3 Å². The number of aliphatic hydroxyl groups excluding tert-OH is 1. The van der Waals surface area contributed by atoms with Gasteiger partial charge in [-0.25, -0.2) is 0 Å². The standard InChI is InChI=1S/C33H35NO6/c1-4-17-39-27-14-11-23(20-28(27)38-5-2)30-29(31(35)24-12-13-26-25(19-24)18-21(3)40-26)32(36)33(37)34(30)16-15-22-9-7-6-8-10-22/h6-14,19-21,30,35H,4-5,15-18H2,1-3H3/t21-,30+/m0/s1. The van der Waals surface area contributed by atoms with E-state index in [-0.39, 0.29) is 17.4 Å². The maximum Gasteiger partial charge on any atom is 0.295 e. The predicted molar refractivity (Wildman–Crippen MR) is 153 cm³/mol. The van der Waals surface area contributed by atoms with E-state index in [0.29, 0.717) is 55.2 Å². The van der Waals surface area contributed by atoms with Gasteiger partial charge in [-0.2, -0.15) is 0 Å². The lowest BCUT2D eigenvalue weighted by Gasteiger charge is -2.26. The van der Waals surface area contributed by atoms with Gasteiger partial charge < -0.3 is 24.2 Å². The van der Waals surface area contributed by atoms with Crippen LogP contribution in [-0.4, -0.2) is 47.6 Å². The fraction of sp³-hybridized carbons (Fsp3) is 0.333. The van der Waals surface area contributed by atoms with Crippen molar-refractivity contribution in [2.45, 2.75) is 52.2 Å². The van der Waals surface area contributed by atoms with Crippen LogP contribution in [0.2, 0.25) is 0 Å². The molecule has 3 aromatic carbocycles. The second kappa shape index (κ2) is 11.9. The van der Waals surface area contributed by atoms with Gasteiger partial charge in [-0.1, -0.05) is 43.3 Å². The maximum absolute atomic E-state index is 13.5. The fourth-order valence-corrected chi connectivity index (χ4v) is 5.37. The van der Waals surface area contributed by atoms with E-state index in [1.54, 1.807) is 23.1 Å². The minimum absolute atomic E-state index is 0.0430. The molecule has 0 saturated carbocycles. The number of aliphatic hydroxyl groups is 1. The Hall–Kier alpha value is -4.26. The van der Waals surface area contributed by atoms with Crippen LogP contribution in [0.4, 0.5) is 0 Å². The van der Waals surface area contributed by atoms with Gasteiger partial charge in [0.1, 0.15) is 17.6 Å². The SMILES string of the molecule is CCCOc1ccc([C@@H]2C(=C(O)c3ccc4c(c3)C[C@H](C)O4)C(=O)C(=O)N2CCc2ccccc2)cc1OCC. The van der Waals surface area contributed by atoms with E-state index in [1.165, 1.54) is 0 Å². The summed E-state index contributed by atoms with van der Waals surface area (Å²) in [6, 6.07) is 19.9. The number of hydrogen-bond acceptors (Lipinski definition) is 6. The zero-order valence-electron chi connectivity index (χ0n) is 23.2. The van der Waals surface area contributed by atoms with Crippen LogP contribution in [0.5, 0.6) is 17.2 Å². The smallest absolute Gasteiger partial charge is 0.295 e. The van der Waals surface area contributed by atoms with Crippen molar-refractivity contribution in [2.24, 2.45) is 0 Å². The first kappa shape index (κ1) is 27.3.